The van der Waals surface area contributed by atoms with Crippen LogP contribution in [0.3, 0.4) is 0 Å². The molecule has 0 atom stereocenters. The molecule has 1 heterocycles. The van der Waals surface area contributed by atoms with Gasteiger partial charge in [0.1, 0.15) is 4.90 Å². The normalized spacial score (nSPS) is 12.3. The molecular weight excluding hydrogens is 499 g/mol. The minimum absolute atomic E-state index is 0.102. The molecule has 0 spiro atoms. The van der Waals surface area contributed by atoms with Gasteiger partial charge in [-0.15, -0.1) is 4.73 Å². The molecule has 0 radical (unpaired) electrons. The van der Waals surface area contributed by atoms with Gasteiger partial charge in [0.05, 0.1) is 11.3 Å². The number of nitrogens with zero attached hydrogens (tertiary/aromatic N) is 1. The molecule has 0 aliphatic rings. The molecule has 162 valence electrons. The number of aryl methyl sites for hydroxylation is 1. The number of aromatic nitrogens is 1. The van der Waals surface area contributed by atoms with Crippen LogP contribution in [-0.2, 0) is 16.3 Å². The van der Waals surface area contributed by atoms with Crippen molar-refractivity contribution in [2.75, 3.05) is 0 Å². The summed E-state index contributed by atoms with van der Waals surface area (Å²) in [6, 6.07) is 12.8. The van der Waals surface area contributed by atoms with Gasteiger partial charge < -0.3 is 0 Å². The molecule has 0 fully saturated rings. The van der Waals surface area contributed by atoms with Crippen molar-refractivity contribution in [3.05, 3.63) is 97.9 Å². The summed E-state index contributed by atoms with van der Waals surface area (Å²) < 4.78 is 69.6. The molecule has 5 nitrogen and oxygen atoms in total. The van der Waals surface area contributed by atoms with Crippen molar-refractivity contribution in [1.82, 2.24) is 4.73 Å². The van der Waals surface area contributed by atoms with E-state index in [0.29, 0.717) is 20.3 Å². The third-order valence-corrected chi connectivity index (χ3v) is 5.84. The Hall–Kier alpha value is -2.85. The first-order valence-electron chi connectivity index (χ1n) is 8.75. The van der Waals surface area contributed by atoms with E-state index in [1.165, 1.54) is 60.7 Å². The van der Waals surface area contributed by atoms with Gasteiger partial charge in [0, 0.05) is 10.5 Å². The summed E-state index contributed by atoms with van der Waals surface area (Å²) in [7, 11) is -4.31. The first-order chi connectivity index (χ1) is 14.5. The molecule has 3 rings (SSSR count). The lowest BCUT2D eigenvalue weighted by molar-refractivity contribution is -0.137. The molecule has 1 aromatic heterocycles. The van der Waals surface area contributed by atoms with Crippen molar-refractivity contribution in [2.24, 2.45) is 0 Å². The van der Waals surface area contributed by atoms with E-state index in [0.717, 1.165) is 12.1 Å². The van der Waals surface area contributed by atoms with Crippen LogP contribution in [0.2, 0.25) is 0 Å². The van der Waals surface area contributed by atoms with Crippen molar-refractivity contribution in [3.63, 3.8) is 0 Å². The van der Waals surface area contributed by atoms with Gasteiger partial charge in [-0.25, -0.2) is 0 Å². The first kappa shape index (κ1) is 22.8. The second kappa shape index (κ2) is 8.72. The Morgan fingerprint density at radius 3 is 2.16 bits per heavy atom. The molecule has 3 aromatic rings. The number of pyridine rings is 1. The highest BCUT2D eigenvalue weighted by Crippen LogP contribution is 2.29. The average molecular weight is 514 g/mol. The molecule has 31 heavy (non-hydrogen) atoms. The van der Waals surface area contributed by atoms with Gasteiger partial charge in [-0.1, -0.05) is 34.1 Å². The minimum atomic E-state index is -4.45. The smallest absolute Gasteiger partial charge is 0.280 e. The molecular formula is C21H15BrF3NO4S. The topological polar surface area (TPSA) is 65.4 Å². The molecule has 0 saturated heterocycles. The molecule has 2 aromatic carbocycles. The summed E-state index contributed by atoms with van der Waals surface area (Å²) in [6.07, 6.45) is -1.62. The second-order valence-corrected chi connectivity index (χ2v) is 8.97. The fraction of sp³-hybridized carbons (Fsp3) is 0.0952. The van der Waals surface area contributed by atoms with Crippen LogP contribution in [0, 0.1) is 6.92 Å². The Morgan fingerprint density at radius 2 is 1.58 bits per heavy atom. The summed E-state index contributed by atoms with van der Waals surface area (Å²) in [6.45, 7) is 1.64. The molecule has 0 aliphatic heterocycles. The van der Waals surface area contributed by atoms with Gasteiger partial charge >= 0.3 is 16.3 Å². The fourth-order valence-electron chi connectivity index (χ4n) is 2.62. The van der Waals surface area contributed by atoms with Gasteiger partial charge in [-0.05, 0) is 66.6 Å². The molecule has 0 saturated carbocycles. The van der Waals surface area contributed by atoms with E-state index in [1.54, 1.807) is 6.92 Å². The summed E-state index contributed by atoms with van der Waals surface area (Å²) in [5.41, 5.74) is -0.429. The third kappa shape index (κ3) is 5.65. The standard InChI is InChI=1S/C21H15BrF3NO4S/c1-14-12-18(9-4-15-2-5-16(6-3-15)21(23,24)25)26(20(27)13-14)30-31(28,29)19-10-7-17(22)8-11-19/h2-13H,1H3/b9-4+. The lowest BCUT2D eigenvalue weighted by Gasteiger charge is -2.12. The van der Waals surface area contributed by atoms with Gasteiger partial charge in [0.2, 0.25) is 0 Å². The summed E-state index contributed by atoms with van der Waals surface area (Å²) >= 11 is 3.21. The molecule has 10 heteroatoms. The van der Waals surface area contributed by atoms with E-state index in [-0.39, 0.29) is 10.6 Å². The van der Waals surface area contributed by atoms with Crippen LogP contribution in [0.1, 0.15) is 22.4 Å². The Balaban J connectivity index is 1.96. The molecule has 0 unspecified atom stereocenters. The zero-order chi connectivity index (χ0) is 22.8. The van der Waals surface area contributed by atoms with Crippen molar-refractivity contribution >= 4 is 38.2 Å². The van der Waals surface area contributed by atoms with Crippen molar-refractivity contribution in [1.29, 1.82) is 0 Å². The summed E-state index contributed by atoms with van der Waals surface area (Å²) in [5.74, 6) is 0. The van der Waals surface area contributed by atoms with Crippen LogP contribution >= 0.6 is 15.9 Å². The molecule has 0 bridgehead atoms. The SMILES string of the molecule is Cc1cc(/C=C/c2ccc(C(F)(F)F)cc2)n(OS(=O)(=O)c2ccc(Br)cc2)c(=O)c1. The highest BCUT2D eigenvalue weighted by molar-refractivity contribution is 9.10. The second-order valence-electron chi connectivity index (χ2n) is 6.53. The maximum absolute atomic E-state index is 12.7. The number of hydrogen-bond acceptors (Lipinski definition) is 4. The van der Waals surface area contributed by atoms with Crippen LogP contribution in [0.5, 0.6) is 0 Å². The van der Waals surface area contributed by atoms with Gasteiger partial charge in [-0.2, -0.15) is 21.6 Å². The Bertz CT molecular complexity index is 1280. The summed E-state index contributed by atoms with van der Waals surface area (Å²) in [5, 5.41) is 0. The molecule has 0 aliphatic carbocycles. The van der Waals surface area contributed by atoms with Crippen LogP contribution < -0.4 is 9.84 Å². The van der Waals surface area contributed by atoms with E-state index in [2.05, 4.69) is 15.9 Å². The number of alkyl halides is 3. The van der Waals surface area contributed by atoms with Crippen molar-refractivity contribution < 1.29 is 25.9 Å². The van der Waals surface area contributed by atoms with Crippen LogP contribution in [0.15, 0.2) is 74.8 Å². The predicted molar refractivity (Wildman–Crippen MR) is 114 cm³/mol. The number of halogens is 4. The predicted octanol–water partition coefficient (Wildman–Crippen LogP) is 4.93. The number of benzene rings is 2. The van der Waals surface area contributed by atoms with E-state index in [9.17, 15) is 26.4 Å². The lowest BCUT2D eigenvalue weighted by Crippen LogP contribution is -2.32. The Morgan fingerprint density at radius 1 is 0.968 bits per heavy atom. The van der Waals surface area contributed by atoms with Crippen LogP contribution in [-0.4, -0.2) is 13.1 Å². The van der Waals surface area contributed by atoms with Gasteiger partial charge in [0.25, 0.3) is 5.56 Å². The van der Waals surface area contributed by atoms with E-state index >= 15 is 0 Å². The fourth-order valence-corrected chi connectivity index (χ4v) is 3.79. The monoisotopic (exact) mass is 513 g/mol. The first-order valence-corrected chi connectivity index (χ1v) is 11.0. The highest BCUT2D eigenvalue weighted by atomic mass is 79.9. The largest absolute Gasteiger partial charge is 0.416 e. The quantitative estimate of drug-likeness (QED) is 0.485. The minimum Gasteiger partial charge on any atom is -0.280 e. The Labute approximate surface area is 184 Å². The number of hydrogen-bond donors (Lipinski definition) is 0. The van der Waals surface area contributed by atoms with E-state index in [1.807, 2.05) is 0 Å². The molecule has 0 N–H and O–H groups in total. The van der Waals surface area contributed by atoms with Gasteiger partial charge in [0.15, 0.2) is 0 Å². The van der Waals surface area contributed by atoms with Crippen LogP contribution in [0.25, 0.3) is 12.2 Å². The third-order valence-electron chi connectivity index (χ3n) is 4.12. The average Bonchev–Trinajstić information content (AvgIpc) is 2.68. The highest BCUT2D eigenvalue weighted by Gasteiger charge is 2.29. The zero-order valence-electron chi connectivity index (χ0n) is 15.9. The Kier molecular flexibility index (Phi) is 6.42. The maximum atomic E-state index is 12.7. The maximum Gasteiger partial charge on any atom is 0.416 e. The molecule has 0 amide bonds. The van der Waals surface area contributed by atoms with Crippen LogP contribution in [0.4, 0.5) is 13.2 Å². The zero-order valence-corrected chi connectivity index (χ0v) is 18.3. The van der Waals surface area contributed by atoms with E-state index in [4.69, 9.17) is 4.28 Å². The summed E-state index contributed by atoms with van der Waals surface area (Å²) in [4.78, 5) is 12.2. The number of rotatable bonds is 5. The lowest BCUT2D eigenvalue weighted by atomic mass is 10.1. The van der Waals surface area contributed by atoms with Crippen molar-refractivity contribution in [3.8, 4) is 0 Å². The van der Waals surface area contributed by atoms with E-state index < -0.39 is 27.4 Å². The van der Waals surface area contributed by atoms with Gasteiger partial charge in [-0.3, -0.25) is 9.08 Å². The van der Waals surface area contributed by atoms with Crippen molar-refractivity contribution in [2.45, 2.75) is 18.0 Å².